The number of aromatic nitrogens is 1. The quantitative estimate of drug-likeness (QED) is 0.715. The summed E-state index contributed by atoms with van der Waals surface area (Å²) in [5, 5.41) is 4.21. The minimum Gasteiger partial charge on any atom is -0.496 e. The summed E-state index contributed by atoms with van der Waals surface area (Å²) in [5.74, 6) is 0.947. The van der Waals surface area contributed by atoms with Crippen LogP contribution in [0.5, 0.6) is 5.75 Å². The van der Waals surface area contributed by atoms with Gasteiger partial charge < -0.3 is 14.6 Å². The molecule has 0 saturated heterocycles. The van der Waals surface area contributed by atoms with Crippen molar-refractivity contribution < 1.29 is 9.53 Å². The van der Waals surface area contributed by atoms with E-state index in [0.29, 0.717) is 19.5 Å². The van der Waals surface area contributed by atoms with Gasteiger partial charge in [-0.25, -0.2) is 0 Å². The molecular weight excluding hydrogens is 312 g/mol. The maximum Gasteiger partial charge on any atom is 0.221 e. The van der Waals surface area contributed by atoms with E-state index in [1.807, 2.05) is 30.5 Å². The van der Waals surface area contributed by atoms with Crippen molar-refractivity contribution >= 4 is 16.8 Å². The standard InChI is InChI=1S/C21H24N2O2/c1-16-7-8-20(25-2)18(15-16)9-12-22-21(24)11-14-23-13-10-17-5-3-4-6-19(17)23/h3-8,10,13,15H,9,11-12,14H2,1-2H3,(H,22,24). The Morgan fingerprint density at radius 2 is 2.00 bits per heavy atom. The molecule has 0 aliphatic heterocycles. The van der Waals surface area contributed by atoms with Gasteiger partial charge in [-0.3, -0.25) is 4.79 Å². The third-order valence-corrected chi connectivity index (χ3v) is 4.41. The van der Waals surface area contributed by atoms with E-state index in [1.165, 1.54) is 16.5 Å². The minimum absolute atomic E-state index is 0.0735. The number of nitrogens with zero attached hydrogens (tertiary/aromatic N) is 1. The molecule has 2 aromatic carbocycles. The molecule has 0 aliphatic carbocycles. The van der Waals surface area contributed by atoms with Gasteiger partial charge >= 0.3 is 0 Å². The van der Waals surface area contributed by atoms with E-state index in [-0.39, 0.29) is 5.91 Å². The van der Waals surface area contributed by atoms with Crippen LogP contribution in [0, 0.1) is 6.92 Å². The van der Waals surface area contributed by atoms with Crippen molar-refractivity contribution in [2.45, 2.75) is 26.3 Å². The summed E-state index contributed by atoms with van der Waals surface area (Å²) in [6.45, 7) is 3.36. The maximum absolute atomic E-state index is 12.1. The van der Waals surface area contributed by atoms with Crippen LogP contribution < -0.4 is 10.1 Å². The predicted molar refractivity (Wildman–Crippen MR) is 101 cm³/mol. The van der Waals surface area contributed by atoms with Gasteiger partial charge in [0.15, 0.2) is 0 Å². The number of amides is 1. The molecule has 1 amide bonds. The molecule has 4 nitrogen and oxygen atoms in total. The average molecular weight is 336 g/mol. The van der Waals surface area contributed by atoms with E-state index in [9.17, 15) is 4.79 Å². The molecule has 3 aromatic rings. The normalized spacial score (nSPS) is 10.8. The highest BCUT2D eigenvalue weighted by molar-refractivity contribution is 5.80. The summed E-state index contributed by atoms with van der Waals surface area (Å²) in [7, 11) is 1.67. The Morgan fingerprint density at radius 3 is 2.84 bits per heavy atom. The van der Waals surface area contributed by atoms with Crippen molar-refractivity contribution in [2.75, 3.05) is 13.7 Å². The minimum atomic E-state index is 0.0735. The number of hydrogen-bond donors (Lipinski definition) is 1. The fourth-order valence-corrected chi connectivity index (χ4v) is 3.09. The van der Waals surface area contributed by atoms with Crippen LogP contribution in [0.25, 0.3) is 10.9 Å². The van der Waals surface area contributed by atoms with Gasteiger partial charge in [0.05, 0.1) is 7.11 Å². The lowest BCUT2D eigenvalue weighted by Crippen LogP contribution is -2.26. The zero-order chi connectivity index (χ0) is 17.6. The lowest BCUT2D eigenvalue weighted by Gasteiger charge is -2.11. The highest BCUT2D eigenvalue weighted by Crippen LogP contribution is 2.20. The number of ether oxygens (including phenoxy) is 1. The molecule has 0 unspecified atom stereocenters. The lowest BCUT2D eigenvalue weighted by molar-refractivity contribution is -0.121. The monoisotopic (exact) mass is 336 g/mol. The molecule has 0 radical (unpaired) electrons. The number of nitrogens with one attached hydrogen (secondary N) is 1. The summed E-state index contributed by atoms with van der Waals surface area (Å²) < 4.78 is 7.50. The highest BCUT2D eigenvalue weighted by Gasteiger charge is 2.06. The average Bonchev–Trinajstić information content (AvgIpc) is 3.03. The van der Waals surface area contributed by atoms with Gasteiger partial charge in [-0.2, -0.15) is 0 Å². The molecule has 4 heteroatoms. The molecule has 25 heavy (non-hydrogen) atoms. The number of carbonyl (C=O) groups excluding carboxylic acids is 1. The number of hydrogen-bond acceptors (Lipinski definition) is 2. The first kappa shape index (κ1) is 17.1. The maximum atomic E-state index is 12.1. The Labute approximate surface area is 148 Å². The Balaban J connectivity index is 1.49. The molecule has 0 atom stereocenters. The van der Waals surface area contributed by atoms with Crippen LogP contribution in [-0.2, 0) is 17.8 Å². The van der Waals surface area contributed by atoms with Crippen molar-refractivity contribution in [3.63, 3.8) is 0 Å². The molecule has 0 saturated carbocycles. The van der Waals surface area contributed by atoms with Crippen molar-refractivity contribution in [1.82, 2.24) is 9.88 Å². The largest absolute Gasteiger partial charge is 0.496 e. The van der Waals surface area contributed by atoms with E-state index in [1.54, 1.807) is 7.11 Å². The molecule has 3 rings (SSSR count). The second-order valence-electron chi connectivity index (χ2n) is 6.23. The summed E-state index contributed by atoms with van der Waals surface area (Å²) >= 11 is 0. The van der Waals surface area contributed by atoms with Crippen LogP contribution in [0.3, 0.4) is 0 Å². The van der Waals surface area contributed by atoms with Crippen LogP contribution in [0.1, 0.15) is 17.5 Å². The van der Waals surface area contributed by atoms with Crippen LogP contribution in [-0.4, -0.2) is 24.1 Å². The zero-order valence-corrected chi connectivity index (χ0v) is 14.8. The number of benzene rings is 2. The number of fused-ring (bicyclic) bond motifs is 1. The third kappa shape index (κ3) is 4.21. The molecule has 0 fully saturated rings. The van der Waals surface area contributed by atoms with Crippen LogP contribution in [0.2, 0.25) is 0 Å². The highest BCUT2D eigenvalue weighted by atomic mass is 16.5. The first-order valence-electron chi connectivity index (χ1n) is 8.61. The molecule has 1 heterocycles. The topological polar surface area (TPSA) is 43.3 Å². The fourth-order valence-electron chi connectivity index (χ4n) is 3.09. The summed E-state index contributed by atoms with van der Waals surface area (Å²) in [6, 6.07) is 16.4. The van der Waals surface area contributed by atoms with Gasteiger partial charge in [-0.15, -0.1) is 0 Å². The van der Waals surface area contributed by atoms with Crippen LogP contribution >= 0.6 is 0 Å². The van der Waals surface area contributed by atoms with Crippen molar-refractivity contribution in [3.8, 4) is 5.75 Å². The molecule has 1 aromatic heterocycles. The van der Waals surface area contributed by atoms with Crippen LogP contribution in [0.15, 0.2) is 54.7 Å². The predicted octanol–water partition coefficient (Wildman–Crippen LogP) is 3.71. The van der Waals surface area contributed by atoms with E-state index in [4.69, 9.17) is 4.74 Å². The first-order valence-corrected chi connectivity index (χ1v) is 8.61. The Morgan fingerprint density at radius 1 is 1.16 bits per heavy atom. The number of aryl methyl sites for hydroxylation is 2. The lowest BCUT2D eigenvalue weighted by atomic mass is 10.1. The van der Waals surface area contributed by atoms with Gasteiger partial charge in [-0.1, -0.05) is 35.9 Å². The molecular formula is C21H24N2O2. The van der Waals surface area contributed by atoms with Gasteiger partial charge in [0, 0.05) is 31.2 Å². The van der Waals surface area contributed by atoms with Crippen molar-refractivity contribution in [2.24, 2.45) is 0 Å². The second kappa shape index (κ2) is 7.88. The van der Waals surface area contributed by atoms with Gasteiger partial charge in [0.1, 0.15) is 5.75 Å². The summed E-state index contributed by atoms with van der Waals surface area (Å²) in [6.07, 6.45) is 3.28. The van der Waals surface area contributed by atoms with E-state index >= 15 is 0 Å². The third-order valence-electron chi connectivity index (χ3n) is 4.41. The Kier molecular flexibility index (Phi) is 5.39. The van der Waals surface area contributed by atoms with Crippen molar-refractivity contribution in [1.29, 1.82) is 0 Å². The van der Waals surface area contributed by atoms with Crippen LogP contribution in [0.4, 0.5) is 0 Å². The zero-order valence-electron chi connectivity index (χ0n) is 14.8. The molecule has 0 bridgehead atoms. The van der Waals surface area contributed by atoms with Gasteiger partial charge in [0.25, 0.3) is 0 Å². The van der Waals surface area contributed by atoms with E-state index < -0.39 is 0 Å². The fraction of sp³-hybridized carbons (Fsp3) is 0.286. The summed E-state index contributed by atoms with van der Waals surface area (Å²) in [4.78, 5) is 12.1. The Bertz CT molecular complexity index is 867. The molecule has 0 spiro atoms. The molecule has 130 valence electrons. The van der Waals surface area contributed by atoms with Crippen molar-refractivity contribution in [3.05, 3.63) is 65.9 Å². The molecule has 0 aliphatic rings. The van der Waals surface area contributed by atoms with E-state index in [2.05, 4.69) is 41.1 Å². The smallest absolute Gasteiger partial charge is 0.221 e. The molecule has 1 N–H and O–H groups in total. The number of rotatable bonds is 7. The summed E-state index contributed by atoms with van der Waals surface area (Å²) in [5.41, 5.74) is 3.49. The second-order valence-corrected chi connectivity index (χ2v) is 6.23. The van der Waals surface area contributed by atoms with Gasteiger partial charge in [-0.05, 0) is 42.5 Å². The number of carbonyl (C=O) groups is 1. The Hall–Kier alpha value is -2.75. The van der Waals surface area contributed by atoms with E-state index in [0.717, 1.165) is 17.7 Å². The van der Waals surface area contributed by atoms with Gasteiger partial charge in [0.2, 0.25) is 5.91 Å². The SMILES string of the molecule is COc1ccc(C)cc1CCNC(=O)CCn1ccc2ccccc21. The number of para-hydroxylation sites is 1. The first-order chi connectivity index (χ1) is 12.2. The number of methoxy groups -OCH3 is 1.